The van der Waals surface area contributed by atoms with Crippen LogP contribution in [0.15, 0.2) is 36.5 Å². The van der Waals surface area contributed by atoms with E-state index in [1.54, 1.807) is 25.1 Å². The van der Waals surface area contributed by atoms with E-state index in [0.717, 1.165) is 6.07 Å². The molecule has 94 valence electrons. The Labute approximate surface area is 109 Å². The molecule has 0 saturated heterocycles. The molecule has 1 aromatic carbocycles. The maximum absolute atomic E-state index is 13.8. The van der Waals surface area contributed by atoms with Crippen LogP contribution in [0.5, 0.6) is 0 Å². The Morgan fingerprint density at radius 3 is 2.56 bits per heavy atom. The molecule has 0 aliphatic rings. The van der Waals surface area contributed by atoms with Crippen LogP contribution in [0.4, 0.5) is 20.3 Å². The van der Waals surface area contributed by atoms with E-state index in [9.17, 15) is 8.78 Å². The lowest BCUT2D eigenvalue weighted by Crippen LogP contribution is -2.20. The molecule has 0 aliphatic heterocycles. The van der Waals surface area contributed by atoms with Crippen molar-refractivity contribution in [2.45, 2.75) is 6.92 Å². The standard InChI is InChI=1S/C13H11ClF2N2/c1-2-18(12-6-4-3-5-10(12)15)13-11(16)7-9(14)8-17-13/h3-8H,2H2,1H3. The fourth-order valence-corrected chi connectivity index (χ4v) is 1.86. The van der Waals surface area contributed by atoms with Crippen molar-refractivity contribution in [1.29, 1.82) is 0 Å². The number of pyridine rings is 1. The minimum atomic E-state index is -0.576. The third-order valence-electron chi connectivity index (χ3n) is 2.50. The molecule has 0 atom stereocenters. The van der Waals surface area contributed by atoms with E-state index in [4.69, 9.17) is 11.6 Å². The van der Waals surface area contributed by atoms with Gasteiger partial charge in [0.1, 0.15) is 5.82 Å². The summed E-state index contributed by atoms with van der Waals surface area (Å²) in [4.78, 5) is 5.38. The molecule has 2 nitrogen and oxygen atoms in total. The van der Waals surface area contributed by atoms with Crippen LogP contribution in [0.25, 0.3) is 0 Å². The Balaban J connectivity index is 2.49. The maximum atomic E-state index is 13.8. The first-order valence-electron chi connectivity index (χ1n) is 5.46. The lowest BCUT2D eigenvalue weighted by molar-refractivity contribution is 0.609. The van der Waals surface area contributed by atoms with Crippen molar-refractivity contribution in [3.8, 4) is 0 Å². The van der Waals surface area contributed by atoms with Crippen LogP contribution in [-0.4, -0.2) is 11.5 Å². The Hall–Kier alpha value is -1.68. The van der Waals surface area contributed by atoms with Gasteiger partial charge < -0.3 is 4.90 Å². The Morgan fingerprint density at radius 2 is 1.94 bits per heavy atom. The monoisotopic (exact) mass is 268 g/mol. The first kappa shape index (κ1) is 12.8. The number of para-hydroxylation sites is 1. The van der Waals surface area contributed by atoms with E-state index in [-0.39, 0.29) is 16.5 Å². The maximum Gasteiger partial charge on any atom is 0.169 e. The van der Waals surface area contributed by atoms with Crippen LogP contribution in [0.3, 0.4) is 0 Å². The molecule has 2 aromatic rings. The fourth-order valence-electron chi connectivity index (χ4n) is 1.71. The molecule has 0 amide bonds. The molecular weight excluding hydrogens is 258 g/mol. The van der Waals surface area contributed by atoms with Gasteiger partial charge in [-0.25, -0.2) is 13.8 Å². The van der Waals surface area contributed by atoms with Crippen molar-refractivity contribution < 1.29 is 8.78 Å². The molecule has 0 saturated carbocycles. The molecule has 0 bridgehead atoms. The van der Waals surface area contributed by atoms with Crippen LogP contribution in [0.2, 0.25) is 5.02 Å². The predicted octanol–water partition coefficient (Wildman–Crippen LogP) is 4.17. The molecule has 0 unspecified atom stereocenters. The van der Waals surface area contributed by atoms with Gasteiger partial charge in [0.15, 0.2) is 11.6 Å². The number of rotatable bonds is 3. The predicted molar refractivity (Wildman–Crippen MR) is 68.3 cm³/mol. The van der Waals surface area contributed by atoms with Gasteiger partial charge in [0.05, 0.1) is 10.7 Å². The van der Waals surface area contributed by atoms with Crippen LogP contribution in [0, 0.1) is 11.6 Å². The van der Waals surface area contributed by atoms with Gasteiger partial charge in [-0.2, -0.15) is 0 Å². The number of halogens is 3. The third-order valence-corrected chi connectivity index (χ3v) is 2.71. The van der Waals surface area contributed by atoms with E-state index in [0.29, 0.717) is 6.54 Å². The number of nitrogens with zero attached hydrogens (tertiary/aromatic N) is 2. The zero-order valence-electron chi connectivity index (χ0n) is 9.70. The van der Waals surface area contributed by atoms with Crippen LogP contribution in [0.1, 0.15) is 6.92 Å². The first-order chi connectivity index (χ1) is 8.63. The van der Waals surface area contributed by atoms with Crippen molar-refractivity contribution in [2.75, 3.05) is 11.4 Å². The summed E-state index contributed by atoms with van der Waals surface area (Å²) in [5.74, 6) is -0.935. The largest absolute Gasteiger partial charge is 0.322 e. The average Bonchev–Trinajstić information content (AvgIpc) is 2.34. The third kappa shape index (κ3) is 2.43. The zero-order valence-corrected chi connectivity index (χ0v) is 10.5. The van der Waals surface area contributed by atoms with E-state index >= 15 is 0 Å². The Kier molecular flexibility index (Phi) is 3.77. The molecule has 0 N–H and O–H groups in total. The van der Waals surface area contributed by atoms with Gasteiger partial charge in [0, 0.05) is 12.7 Å². The van der Waals surface area contributed by atoms with E-state index in [1.807, 2.05) is 0 Å². The lowest BCUT2D eigenvalue weighted by Gasteiger charge is -2.22. The van der Waals surface area contributed by atoms with Gasteiger partial charge in [-0.05, 0) is 25.1 Å². The van der Waals surface area contributed by atoms with E-state index in [2.05, 4.69) is 4.98 Å². The molecule has 0 aliphatic carbocycles. The molecule has 1 aromatic heterocycles. The summed E-state index contributed by atoms with van der Waals surface area (Å²) in [6, 6.07) is 7.33. The molecule has 1 heterocycles. The fraction of sp³-hybridized carbons (Fsp3) is 0.154. The lowest BCUT2D eigenvalue weighted by atomic mass is 10.2. The van der Waals surface area contributed by atoms with Gasteiger partial charge in [-0.1, -0.05) is 23.7 Å². The van der Waals surface area contributed by atoms with Gasteiger partial charge in [-0.3, -0.25) is 0 Å². The van der Waals surface area contributed by atoms with Crippen molar-refractivity contribution in [2.24, 2.45) is 0 Å². The van der Waals surface area contributed by atoms with Gasteiger partial charge in [0.2, 0.25) is 0 Å². The highest BCUT2D eigenvalue weighted by Gasteiger charge is 2.16. The second-order valence-corrected chi connectivity index (χ2v) is 4.09. The second-order valence-electron chi connectivity index (χ2n) is 3.65. The summed E-state index contributed by atoms with van der Waals surface area (Å²) in [6.45, 7) is 2.19. The van der Waals surface area contributed by atoms with Crippen molar-refractivity contribution >= 4 is 23.1 Å². The number of benzene rings is 1. The summed E-state index contributed by atoms with van der Waals surface area (Å²) in [6.07, 6.45) is 1.34. The first-order valence-corrected chi connectivity index (χ1v) is 5.84. The summed E-state index contributed by atoms with van der Waals surface area (Å²) < 4.78 is 27.5. The Bertz CT molecular complexity index is 560. The normalized spacial score (nSPS) is 10.4. The SMILES string of the molecule is CCN(c1ccccc1F)c1ncc(Cl)cc1F. The summed E-state index contributed by atoms with van der Waals surface area (Å²) >= 11 is 5.65. The van der Waals surface area contributed by atoms with E-state index < -0.39 is 11.6 Å². The quantitative estimate of drug-likeness (QED) is 0.830. The molecule has 2 rings (SSSR count). The number of aromatic nitrogens is 1. The summed E-state index contributed by atoms with van der Waals surface area (Å²) in [5.41, 5.74) is 0.286. The van der Waals surface area contributed by atoms with Crippen LogP contribution in [-0.2, 0) is 0 Å². The van der Waals surface area contributed by atoms with Gasteiger partial charge in [0.25, 0.3) is 0 Å². The second kappa shape index (κ2) is 5.31. The van der Waals surface area contributed by atoms with Gasteiger partial charge >= 0.3 is 0 Å². The molecular formula is C13H11ClF2N2. The molecule has 18 heavy (non-hydrogen) atoms. The van der Waals surface area contributed by atoms with Crippen molar-refractivity contribution in [3.05, 3.63) is 53.2 Å². The number of hydrogen-bond donors (Lipinski definition) is 0. The molecule has 5 heteroatoms. The highest BCUT2D eigenvalue weighted by molar-refractivity contribution is 6.30. The minimum absolute atomic E-state index is 0.0620. The highest BCUT2D eigenvalue weighted by atomic mass is 35.5. The van der Waals surface area contributed by atoms with E-state index in [1.165, 1.54) is 17.2 Å². The molecule has 0 spiro atoms. The van der Waals surface area contributed by atoms with Crippen LogP contribution >= 0.6 is 11.6 Å². The topological polar surface area (TPSA) is 16.1 Å². The summed E-state index contributed by atoms with van der Waals surface area (Å²) in [5, 5.41) is 0.209. The van der Waals surface area contributed by atoms with Crippen molar-refractivity contribution in [3.63, 3.8) is 0 Å². The summed E-state index contributed by atoms with van der Waals surface area (Å²) in [7, 11) is 0. The highest BCUT2D eigenvalue weighted by Crippen LogP contribution is 2.28. The Morgan fingerprint density at radius 1 is 1.22 bits per heavy atom. The average molecular weight is 269 g/mol. The number of hydrogen-bond acceptors (Lipinski definition) is 2. The number of anilines is 2. The van der Waals surface area contributed by atoms with Crippen LogP contribution < -0.4 is 4.90 Å². The molecule has 0 radical (unpaired) electrons. The zero-order chi connectivity index (χ0) is 13.1. The minimum Gasteiger partial charge on any atom is -0.322 e. The molecule has 0 fully saturated rings. The smallest absolute Gasteiger partial charge is 0.169 e. The van der Waals surface area contributed by atoms with Gasteiger partial charge in [-0.15, -0.1) is 0 Å². The van der Waals surface area contributed by atoms with Crippen molar-refractivity contribution in [1.82, 2.24) is 4.98 Å².